The Hall–Kier alpha value is -5.44. The molecule has 0 saturated carbocycles. The zero-order valence-electron chi connectivity index (χ0n) is 43.5. The standard InChI is InChI=1S/C56H69F3N2O17/c1-34-41(31-68-27-37-17-8-4-9-18-37)74-54(78-49-43(33-70-29-39-21-12-6-13-22-39)76-52(44(46(49)65)61-35(2)62)71-26-16-25-60-55(67)56(57,58)59)51(73-36(3)63)48(34)77-53-50(72-30-40-23-14-7-15-24-40)47(66)45(64)42(75-53)32-69-28-38-19-10-5-11-20-38/h4-15,17-24,34,41-54,64-66H,16,25-33H2,1-3H3,(H,60,67)(H,61,62)/t34-,41?,42?,43?,44?,45-,46+,47-,48-,49+,50?,51?,52+,53-,54-/m0/s1. The highest BCUT2D eigenvalue weighted by Gasteiger charge is 2.55. The van der Waals surface area contributed by atoms with Gasteiger partial charge in [0, 0.05) is 26.3 Å². The fourth-order valence-electron chi connectivity index (χ4n) is 9.19. The summed E-state index contributed by atoms with van der Waals surface area (Å²) in [6, 6.07) is 35.5. The van der Waals surface area contributed by atoms with Crippen LogP contribution >= 0.6 is 0 Å². The molecule has 3 aliphatic rings. The summed E-state index contributed by atoms with van der Waals surface area (Å²) in [4.78, 5) is 37.5. The van der Waals surface area contributed by atoms with E-state index in [2.05, 4.69) is 5.32 Å². The maximum atomic E-state index is 13.3. The van der Waals surface area contributed by atoms with Gasteiger partial charge >= 0.3 is 18.1 Å². The zero-order valence-corrected chi connectivity index (χ0v) is 43.5. The minimum Gasteiger partial charge on any atom is -0.454 e. The van der Waals surface area contributed by atoms with E-state index in [4.69, 9.17) is 52.1 Å². The Morgan fingerprint density at radius 1 is 0.551 bits per heavy atom. The van der Waals surface area contributed by atoms with E-state index in [1.165, 1.54) is 13.8 Å². The average molecular weight is 1100 g/mol. The number of halogens is 3. The van der Waals surface area contributed by atoms with Crippen LogP contribution in [0.4, 0.5) is 13.2 Å². The minimum atomic E-state index is -5.10. The maximum absolute atomic E-state index is 13.3. The zero-order chi connectivity index (χ0) is 55.6. The Labute approximate surface area is 450 Å². The van der Waals surface area contributed by atoms with Gasteiger partial charge in [-0.15, -0.1) is 0 Å². The Morgan fingerprint density at radius 2 is 1.01 bits per heavy atom. The molecule has 0 aliphatic carbocycles. The first kappa shape index (κ1) is 60.2. The van der Waals surface area contributed by atoms with Crippen LogP contribution in [0.15, 0.2) is 121 Å². The number of alkyl halides is 3. The van der Waals surface area contributed by atoms with Gasteiger partial charge in [0.15, 0.2) is 25.0 Å². The van der Waals surface area contributed by atoms with Gasteiger partial charge in [0.05, 0.1) is 59.0 Å². The van der Waals surface area contributed by atoms with Crippen LogP contribution in [0.2, 0.25) is 0 Å². The van der Waals surface area contributed by atoms with E-state index in [1.54, 1.807) is 12.2 Å². The van der Waals surface area contributed by atoms with Gasteiger partial charge in [-0.3, -0.25) is 14.4 Å². The molecular weight excluding hydrogens is 1030 g/mol. The van der Waals surface area contributed by atoms with Crippen LogP contribution in [-0.4, -0.2) is 158 Å². The summed E-state index contributed by atoms with van der Waals surface area (Å²) < 4.78 is 109. The second-order valence-electron chi connectivity index (χ2n) is 19.2. The molecule has 3 saturated heterocycles. The van der Waals surface area contributed by atoms with E-state index in [-0.39, 0.29) is 59.3 Å². The van der Waals surface area contributed by atoms with Crippen molar-refractivity contribution in [3.8, 4) is 0 Å². The smallest absolute Gasteiger partial charge is 0.454 e. The molecule has 0 radical (unpaired) electrons. The number of hydrogen-bond acceptors (Lipinski definition) is 17. The highest BCUT2D eigenvalue weighted by molar-refractivity contribution is 5.81. The summed E-state index contributed by atoms with van der Waals surface area (Å²) in [5, 5.41) is 40.2. The number of aliphatic hydroxyl groups is 3. The van der Waals surface area contributed by atoms with Crippen LogP contribution in [0.3, 0.4) is 0 Å². The molecule has 0 aromatic heterocycles. The number of carbonyl (C=O) groups is 3. The fourth-order valence-corrected chi connectivity index (χ4v) is 9.19. The van der Waals surface area contributed by atoms with Crippen LogP contribution in [-0.2, 0) is 92.9 Å². The van der Waals surface area contributed by atoms with Crippen LogP contribution in [0, 0.1) is 5.92 Å². The van der Waals surface area contributed by atoms with Crippen molar-refractivity contribution in [2.75, 3.05) is 33.0 Å². The number of nitrogens with one attached hydrogen (secondary N) is 2. The first-order valence-corrected chi connectivity index (χ1v) is 25.8. The molecule has 426 valence electrons. The number of ether oxygens (including phenoxy) is 11. The Bertz CT molecular complexity index is 2420. The topological polar surface area (TPSA) is 237 Å². The molecule has 3 aliphatic heterocycles. The van der Waals surface area contributed by atoms with Gasteiger partial charge in [-0.2, -0.15) is 13.2 Å². The maximum Gasteiger partial charge on any atom is 0.471 e. The number of carbonyl (C=O) groups excluding carboxylic acids is 3. The van der Waals surface area contributed by atoms with Crippen LogP contribution in [0.1, 0.15) is 49.4 Å². The Morgan fingerprint density at radius 3 is 1.53 bits per heavy atom. The number of rotatable bonds is 26. The molecule has 3 heterocycles. The molecule has 3 fully saturated rings. The van der Waals surface area contributed by atoms with E-state index < -0.39 is 122 Å². The highest BCUT2D eigenvalue weighted by Crippen LogP contribution is 2.38. The van der Waals surface area contributed by atoms with Crippen molar-refractivity contribution in [3.63, 3.8) is 0 Å². The predicted octanol–water partition coefficient (Wildman–Crippen LogP) is 4.41. The second kappa shape index (κ2) is 29.7. The molecule has 6 unspecified atom stereocenters. The van der Waals surface area contributed by atoms with E-state index in [9.17, 15) is 42.9 Å². The summed E-state index contributed by atoms with van der Waals surface area (Å²) in [5.74, 6) is -4.28. The molecule has 2 amide bonds. The molecule has 4 aromatic carbocycles. The third-order valence-electron chi connectivity index (χ3n) is 13.2. The van der Waals surface area contributed by atoms with E-state index >= 15 is 0 Å². The lowest BCUT2D eigenvalue weighted by Gasteiger charge is -2.50. The van der Waals surface area contributed by atoms with Gasteiger partial charge in [-0.05, 0) is 28.7 Å². The monoisotopic (exact) mass is 1100 g/mol. The molecule has 7 rings (SSSR count). The van der Waals surface area contributed by atoms with Gasteiger partial charge in [0.2, 0.25) is 5.91 Å². The van der Waals surface area contributed by atoms with Gasteiger partial charge in [0.25, 0.3) is 0 Å². The number of hydrogen-bond donors (Lipinski definition) is 5. The average Bonchev–Trinajstić information content (AvgIpc) is 3.52. The molecular formula is C56H69F3N2O17. The van der Waals surface area contributed by atoms with E-state index in [0.717, 1.165) is 22.3 Å². The molecule has 15 atom stereocenters. The number of aliphatic hydroxyl groups excluding tert-OH is 3. The SMILES string of the molecule is CC(=O)NC1[C@H](OCCCNC(=O)C(F)(F)F)OC(COCc2ccccc2)[C@@H](O[C@@H]2OC(COCc3ccccc3)[C@H](C)[C@H](O[C@@H]3OC(COCc4ccccc4)[C@H](O)[C@H](O)C3OCc3ccccc3)C2OC(C)=O)[C@@H]1O. The predicted molar refractivity (Wildman–Crippen MR) is 269 cm³/mol. The van der Waals surface area contributed by atoms with E-state index in [0.29, 0.717) is 0 Å². The number of esters is 1. The lowest BCUT2D eigenvalue weighted by atomic mass is 9.89. The Kier molecular flexibility index (Phi) is 22.9. The van der Waals surface area contributed by atoms with Crippen molar-refractivity contribution in [1.29, 1.82) is 0 Å². The Balaban J connectivity index is 1.20. The third kappa shape index (κ3) is 17.5. The molecule has 0 bridgehead atoms. The normalized spacial score (nSPS) is 29.3. The summed E-state index contributed by atoms with van der Waals surface area (Å²) in [6.07, 6.45) is -23.5. The fraction of sp³-hybridized carbons (Fsp3) is 0.518. The van der Waals surface area contributed by atoms with Crippen molar-refractivity contribution in [3.05, 3.63) is 144 Å². The first-order chi connectivity index (χ1) is 37.5. The molecule has 19 nitrogen and oxygen atoms in total. The van der Waals surface area contributed by atoms with E-state index in [1.807, 2.05) is 121 Å². The summed E-state index contributed by atoms with van der Waals surface area (Å²) in [7, 11) is 0. The number of amides is 2. The third-order valence-corrected chi connectivity index (χ3v) is 13.2. The van der Waals surface area contributed by atoms with Gasteiger partial charge in [-0.1, -0.05) is 128 Å². The largest absolute Gasteiger partial charge is 0.471 e. The van der Waals surface area contributed by atoms with Crippen LogP contribution in [0.5, 0.6) is 0 Å². The van der Waals surface area contributed by atoms with Crippen molar-refractivity contribution >= 4 is 17.8 Å². The van der Waals surface area contributed by atoms with Gasteiger partial charge in [-0.25, -0.2) is 0 Å². The van der Waals surface area contributed by atoms with Crippen molar-refractivity contribution < 1.29 is 95.0 Å². The minimum absolute atomic E-state index is 0.0336. The number of benzene rings is 4. The second-order valence-corrected chi connectivity index (χ2v) is 19.2. The summed E-state index contributed by atoms with van der Waals surface area (Å²) in [6.45, 7) is 3.23. The van der Waals surface area contributed by atoms with Crippen molar-refractivity contribution in [1.82, 2.24) is 10.6 Å². The quantitative estimate of drug-likeness (QED) is 0.0433. The van der Waals surface area contributed by atoms with Crippen LogP contribution in [0.25, 0.3) is 0 Å². The first-order valence-electron chi connectivity index (χ1n) is 25.8. The van der Waals surface area contributed by atoms with Crippen LogP contribution < -0.4 is 10.6 Å². The summed E-state index contributed by atoms with van der Waals surface area (Å²) in [5.41, 5.74) is 3.23. The highest BCUT2D eigenvalue weighted by atomic mass is 19.4. The summed E-state index contributed by atoms with van der Waals surface area (Å²) >= 11 is 0. The molecule has 5 N–H and O–H groups in total. The lowest BCUT2D eigenvalue weighted by Crippen LogP contribution is -2.68. The van der Waals surface area contributed by atoms with Gasteiger partial charge < -0.3 is 78.1 Å². The van der Waals surface area contributed by atoms with Crippen molar-refractivity contribution in [2.24, 2.45) is 5.92 Å². The molecule has 22 heteroatoms. The van der Waals surface area contributed by atoms with Crippen molar-refractivity contribution in [2.45, 2.75) is 146 Å². The lowest BCUT2D eigenvalue weighted by molar-refractivity contribution is -0.374. The molecule has 78 heavy (non-hydrogen) atoms. The molecule has 4 aromatic rings. The van der Waals surface area contributed by atoms with Gasteiger partial charge in [0.1, 0.15) is 54.9 Å². The molecule has 0 spiro atoms.